The molecule has 174 valence electrons. The van der Waals surface area contributed by atoms with Crippen LogP contribution in [-0.2, 0) is 18.9 Å². The van der Waals surface area contributed by atoms with Crippen LogP contribution < -0.4 is 16.0 Å². The van der Waals surface area contributed by atoms with E-state index < -0.39 is 35.0 Å². The first-order valence-electron chi connectivity index (χ1n) is 9.75. The summed E-state index contributed by atoms with van der Waals surface area (Å²) in [5.74, 6) is -0.678. The third-order valence-corrected chi connectivity index (χ3v) is 5.42. The Morgan fingerprint density at radius 1 is 1.06 bits per heavy atom. The molecule has 4 nitrogen and oxygen atoms in total. The second-order valence-electron chi connectivity index (χ2n) is 7.51. The van der Waals surface area contributed by atoms with Crippen molar-refractivity contribution in [2.45, 2.75) is 25.3 Å². The first-order valence-corrected chi connectivity index (χ1v) is 10.1. The van der Waals surface area contributed by atoms with Crippen molar-refractivity contribution >= 4 is 23.2 Å². The SMILES string of the molecule is O=C(Nc1ccc(CNCC2CCNC2)cc1Cl)c1ccc(C(F)(F)F)cc1C(F)(F)F. The fraction of sp³-hybridized carbons (Fsp3) is 0.381. The number of amides is 1. The Balaban J connectivity index is 1.72. The summed E-state index contributed by atoms with van der Waals surface area (Å²) >= 11 is 6.16. The second kappa shape index (κ2) is 9.68. The first kappa shape index (κ1) is 24.3. The number of carbonyl (C=O) groups is 1. The Bertz CT molecular complexity index is 971. The molecule has 0 saturated carbocycles. The fourth-order valence-electron chi connectivity index (χ4n) is 3.42. The largest absolute Gasteiger partial charge is 0.417 e. The van der Waals surface area contributed by atoms with Crippen molar-refractivity contribution in [2.75, 3.05) is 25.0 Å². The quantitative estimate of drug-likeness (QED) is 0.491. The topological polar surface area (TPSA) is 53.2 Å². The molecule has 1 aliphatic rings. The molecule has 0 radical (unpaired) electrons. The summed E-state index contributed by atoms with van der Waals surface area (Å²) in [6.45, 7) is 3.27. The zero-order valence-corrected chi connectivity index (χ0v) is 17.4. The third-order valence-electron chi connectivity index (χ3n) is 5.10. The van der Waals surface area contributed by atoms with Crippen LogP contribution in [0.2, 0.25) is 5.02 Å². The molecule has 0 aromatic heterocycles. The number of alkyl halides is 6. The second-order valence-corrected chi connectivity index (χ2v) is 7.92. The van der Waals surface area contributed by atoms with Gasteiger partial charge in [-0.05, 0) is 67.9 Å². The van der Waals surface area contributed by atoms with E-state index in [0.29, 0.717) is 24.6 Å². The van der Waals surface area contributed by atoms with Gasteiger partial charge in [0.25, 0.3) is 5.91 Å². The van der Waals surface area contributed by atoms with Crippen LogP contribution in [0.1, 0.15) is 33.5 Å². The number of halogens is 7. The van der Waals surface area contributed by atoms with Crippen molar-refractivity contribution in [3.8, 4) is 0 Å². The van der Waals surface area contributed by atoms with Crippen molar-refractivity contribution in [3.63, 3.8) is 0 Å². The molecule has 0 aliphatic carbocycles. The van der Waals surface area contributed by atoms with E-state index in [1.165, 1.54) is 6.07 Å². The van der Waals surface area contributed by atoms with Gasteiger partial charge in [-0.25, -0.2) is 0 Å². The van der Waals surface area contributed by atoms with Crippen LogP contribution in [0.15, 0.2) is 36.4 Å². The third kappa shape index (κ3) is 6.14. The lowest BCUT2D eigenvalue weighted by Crippen LogP contribution is -2.24. The van der Waals surface area contributed by atoms with E-state index in [1.54, 1.807) is 12.1 Å². The highest BCUT2D eigenvalue weighted by Crippen LogP contribution is 2.37. The molecule has 32 heavy (non-hydrogen) atoms. The molecule has 0 spiro atoms. The van der Waals surface area contributed by atoms with Gasteiger partial charge in [0.05, 0.1) is 27.4 Å². The lowest BCUT2D eigenvalue weighted by Gasteiger charge is -2.16. The minimum atomic E-state index is -5.15. The van der Waals surface area contributed by atoms with Crippen LogP contribution in [0, 0.1) is 5.92 Å². The van der Waals surface area contributed by atoms with E-state index in [9.17, 15) is 31.1 Å². The molecule has 11 heteroatoms. The Morgan fingerprint density at radius 2 is 1.81 bits per heavy atom. The lowest BCUT2D eigenvalue weighted by atomic mass is 10.0. The van der Waals surface area contributed by atoms with E-state index in [4.69, 9.17) is 11.6 Å². The minimum Gasteiger partial charge on any atom is -0.321 e. The average molecular weight is 480 g/mol. The van der Waals surface area contributed by atoms with Gasteiger partial charge in [-0.3, -0.25) is 4.79 Å². The molecule has 0 bridgehead atoms. The predicted molar refractivity (Wildman–Crippen MR) is 109 cm³/mol. The summed E-state index contributed by atoms with van der Waals surface area (Å²) in [4.78, 5) is 12.4. The van der Waals surface area contributed by atoms with Crippen LogP contribution in [0.4, 0.5) is 32.0 Å². The number of rotatable bonds is 6. The van der Waals surface area contributed by atoms with Gasteiger partial charge in [0, 0.05) is 6.54 Å². The highest BCUT2D eigenvalue weighted by atomic mass is 35.5. The number of hydrogen-bond donors (Lipinski definition) is 3. The summed E-state index contributed by atoms with van der Waals surface area (Å²) in [6, 6.07) is 5.51. The molecule has 1 atom stereocenters. The zero-order valence-electron chi connectivity index (χ0n) is 16.6. The van der Waals surface area contributed by atoms with Crippen LogP contribution >= 0.6 is 11.6 Å². The van der Waals surface area contributed by atoms with Crippen LogP contribution in [0.5, 0.6) is 0 Å². The summed E-state index contributed by atoms with van der Waals surface area (Å²) in [6.07, 6.45) is -9.04. The van der Waals surface area contributed by atoms with E-state index in [2.05, 4.69) is 16.0 Å². The molecule has 1 amide bonds. The normalized spacial score (nSPS) is 16.9. The van der Waals surface area contributed by atoms with Crippen molar-refractivity contribution in [3.05, 3.63) is 63.7 Å². The maximum Gasteiger partial charge on any atom is 0.417 e. The molecule has 3 rings (SSSR count). The number of nitrogens with one attached hydrogen (secondary N) is 3. The lowest BCUT2D eigenvalue weighted by molar-refractivity contribution is -0.143. The smallest absolute Gasteiger partial charge is 0.321 e. The fourth-order valence-corrected chi connectivity index (χ4v) is 3.67. The first-order chi connectivity index (χ1) is 14.9. The minimum absolute atomic E-state index is 0.0495. The van der Waals surface area contributed by atoms with E-state index in [-0.39, 0.29) is 16.8 Å². The van der Waals surface area contributed by atoms with Crippen molar-refractivity contribution in [1.82, 2.24) is 10.6 Å². The molecule has 1 aliphatic heterocycles. The summed E-state index contributed by atoms with van der Waals surface area (Å²) in [7, 11) is 0. The van der Waals surface area contributed by atoms with Gasteiger partial charge in [0.1, 0.15) is 0 Å². The van der Waals surface area contributed by atoms with Gasteiger partial charge >= 0.3 is 12.4 Å². The highest BCUT2D eigenvalue weighted by molar-refractivity contribution is 6.34. The summed E-state index contributed by atoms with van der Waals surface area (Å²) in [5, 5.41) is 8.90. The predicted octanol–water partition coefficient (Wildman–Crippen LogP) is 5.33. The Hall–Kier alpha value is -2.30. The van der Waals surface area contributed by atoms with Gasteiger partial charge in [-0.2, -0.15) is 26.3 Å². The van der Waals surface area contributed by atoms with Gasteiger partial charge in [-0.1, -0.05) is 17.7 Å². The number of carbonyl (C=O) groups excluding carboxylic acids is 1. The van der Waals surface area contributed by atoms with Crippen LogP contribution in [0.3, 0.4) is 0 Å². The van der Waals surface area contributed by atoms with Crippen molar-refractivity contribution in [2.24, 2.45) is 5.92 Å². The van der Waals surface area contributed by atoms with E-state index >= 15 is 0 Å². The maximum absolute atomic E-state index is 13.3. The highest BCUT2D eigenvalue weighted by Gasteiger charge is 2.39. The molecule has 3 N–H and O–H groups in total. The molecule has 1 unspecified atom stereocenters. The summed E-state index contributed by atoms with van der Waals surface area (Å²) in [5.41, 5.74) is -3.25. The van der Waals surface area contributed by atoms with Gasteiger partial charge in [-0.15, -0.1) is 0 Å². The number of anilines is 1. The molecular weight excluding hydrogens is 460 g/mol. The van der Waals surface area contributed by atoms with Gasteiger partial charge < -0.3 is 16.0 Å². The van der Waals surface area contributed by atoms with Gasteiger partial charge in [0.2, 0.25) is 0 Å². The number of benzene rings is 2. The van der Waals surface area contributed by atoms with Crippen molar-refractivity contribution < 1.29 is 31.1 Å². The number of hydrogen-bond acceptors (Lipinski definition) is 3. The van der Waals surface area contributed by atoms with Crippen molar-refractivity contribution in [1.29, 1.82) is 0 Å². The Morgan fingerprint density at radius 3 is 2.41 bits per heavy atom. The monoisotopic (exact) mass is 479 g/mol. The molecule has 2 aromatic carbocycles. The van der Waals surface area contributed by atoms with Crippen LogP contribution in [-0.4, -0.2) is 25.5 Å². The Labute approximate surface area is 185 Å². The molecular formula is C21H20ClF6N3O. The van der Waals surface area contributed by atoms with E-state index in [1.807, 2.05) is 0 Å². The van der Waals surface area contributed by atoms with Crippen LogP contribution in [0.25, 0.3) is 0 Å². The van der Waals surface area contributed by atoms with E-state index in [0.717, 1.165) is 31.6 Å². The maximum atomic E-state index is 13.3. The molecule has 1 saturated heterocycles. The zero-order chi connectivity index (χ0) is 23.5. The standard InChI is InChI=1S/C21H20ClF6N3O/c22-17-7-12(9-30-11-13-5-6-29-10-13)1-4-18(17)31-19(32)15-3-2-14(20(23,24)25)8-16(15)21(26,27)28/h1-4,7-8,13,29-30H,5-6,9-11H2,(H,31,32). The summed E-state index contributed by atoms with van der Waals surface area (Å²) < 4.78 is 78.3. The van der Waals surface area contributed by atoms with Gasteiger partial charge in [0.15, 0.2) is 0 Å². The molecule has 2 aromatic rings. The average Bonchev–Trinajstić information content (AvgIpc) is 3.21. The molecule has 1 fully saturated rings. The Kier molecular flexibility index (Phi) is 7.36. The molecule has 1 heterocycles.